The number of hydrogen-bond donors (Lipinski definition) is 0. The fraction of sp³-hybridized carbons (Fsp3) is 0.227. The van der Waals surface area contributed by atoms with Crippen LogP contribution in [0.4, 0.5) is 0 Å². The van der Waals surface area contributed by atoms with Crippen molar-refractivity contribution in [2.75, 3.05) is 26.5 Å². The van der Waals surface area contributed by atoms with Crippen molar-refractivity contribution in [1.29, 1.82) is 0 Å². The van der Waals surface area contributed by atoms with Crippen molar-refractivity contribution >= 4 is 26.8 Å². The van der Waals surface area contributed by atoms with Crippen molar-refractivity contribution in [3.63, 3.8) is 0 Å². The van der Waals surface area contributed by atoms with Gasteiger partial charge < -0.3 is 13.8 Å². The molecule has 1 amide bonds. The Labute approximate surface area is 170 Å². The lowest BCUT2D eigenvalue weighted by Gasteiger charge is -2.23. The van der Waals surface area contributed by atoms with Gasteiger partial charge in [0.1, 0.15) is 5.75 Å². The molecular formula is C22H23NO5S. The van der Waals surface area contributed by atoms with Gasteiger partial charge in [-0.2, -0.15) is 8.42 Å². The summed E-state index contributed by atoms with van der Waals surface area (Å²) in [5.41, 5.74) is 1.47. The number of ether oxygens (including phenoxy) is 1. The highest BCUT2D eigenvalue weighted by atomic mass is 32.2. The Hall–Kier alpha value is -2.90. The number of hydrogen-bond acceptors (Lipinski definition) is 5. The van der Waals surface area contributed by atoms with Gasteiger partial charge in [-0.05, 0) is 40.6 Å². The number of benzene rings is 3. The minimum absolute atomic E-state index is 0.0933. The molecule has 3 rings (SSSR count). The average molecular weight is 413 g/mol. The van der Waals surface area contributed by atoms with Gasteiger partial charge in [-0.15, -0.1) is 0 Å². The van der Waals surface area contributed by atoms with Crippen molar-refractivity contribution in [1.82, 2.24) is 4.90 Å². The van der Waals surface area contributed by atoms with Gasteiger partial charge in [0.25, 0.3) is 5.91 Å². The van der Waals surface area contributed by atoms with Crippen molar-refractivity contribution < 1.29 is 22.1 Å². The summed E-state index contributed by atoms with van der Waals surface area (Å²) in [4.78, 5) is 14.8. The van der Waals surface area contributed by atoms with Crippen LogP contribution >= 0.6 is 0 Å². The van der Waals surface area contributed by atoms with E-state index in [2.05, 4.69) is 0 Å². The van der Waals surface area contributed by atoms with Crippen molar-refractivity contribution in [2.24, 2.45) is 0 Å². The first-order valence-corrected chi connectivity index (χ1v) is 10.9. The third-order valence-corrected chi connectivity index (χ3v) is 4.89. The van der Waals surface area contributed by atoms with E-state index in [1.54, 1.807) is 36.3 Å². The summed E-state index contributed by atoms with van der Waals surface area (Å²) in [6.45, 7) is 1.21. The van der Waals surface area contributed by atoms with E-state index in [0.29, 0.717) is 25.3 Å². The second-order valence-corrected chi connectivity index (χ2v) is 8.29. The molecule has 0 aliphatic heterocycles. The largest absolute Gasteiger partial charge is 0.383 e. The Morgan fingerprint density at radius 2 is 1.66 bits per heavy atom. The zero-order valence-electron chi connectivity index (χ0n) is 16.4. The maximum absolute atomic E-state index is 13.1. The molecular weight excluding hydrogens is 390 g/mol. The predicted molar refractivity (Wildman–Crippen MR) is 112 cm³/mol. The number of nitrogens with zero attached hydrogens (tertiary/aromatic N) is 1. The third kappa shape index (κ3) is 5.79. The van der Waals surface area contributed by atoms with Gasteiger partial charge in [0, 0.05) is 25.8 Å². The van der Waals surface area contributed by atoms with Crippen LogP contribution in [0, 0.1) is 0 Å². The predicted octanol–water partition coefficient (Wildman–Crippen LogP) is 3.47. The van der Waals surface area contributed by atoms with Gasteiger partial charge in [-0.1, -0.05) is 42.5 Å². The molecule has 0 N–H and O–H groups in total. The first kappa shape index (κ1) is 20.8. The number of carbonyl (C=O) groups is 1. The Morgan fingerprint density at radius 1 is 0.966 bits per heavy atom. The SMILES string of the molecule is COCCN(Cc1ccc(OS(C)(=O)=O)cc1)C(=O)c1ccc2ccccc2c1. The summed E-state index contributed by atoms with van der Waals surface area (Å²) in [6.07, 6.45) is 0.996. The number of carbonyl (C=O) groups excluding carboxylic acids is 1. The standard InChI is InChI=1S/C22H23NO5S/c1-27-14-13-23(16-17-7-11-21(12-8-17)28-29(2,25)26)22(24)20-10-9-18-5-3-4-6-19(18)15-20/h3-12,15H,13-14,16H2,1-2H3. The molecule has 0 heterocycles. The molecule has 0 radical (unpaired) electrons. The molecule has 0 saturated carbocycles. The highest BCUT2D eigenvalue weighted by Gasteiger charge is 2.17. The van der Waals surface area contributed by atoms with Crippen LogP contribution in [-0.4, -0.2) is 45.7 Å². The van der Waals surface area contributed by atoms with Gasteiger partial charge in [0.05, 0.1) is 12.9 Å². The average Bonchev–Trinajstić information content (AvgIpc) is 2.70. The fourth-order valence-electron chi connectivity index (χ4n) is 3.00. The van der Waals surface area contributed by atoms with Crippen LogP contribution < -0.4 is 4.18 Å². The Kier molecular flexibility index (Phi) is 6.51. The lowest BCUT2D eigenvalue weighted by atomic mass is 10.1. The van der Waals surface area contributed by atoms with Crippen LogP contribution in [0.1, 0.15) is 15.9 Å². The molecule has 6 nitrogen and oxygen atoms in total. The maximum Gasteiger partial charge on any atom is 0.306 e. The van der Waals surface area contributed by atoms with Crippen LogP contribution in [0.25, 0.3) is 10.8 Å². The number of methoxy groups -OCH3 is 1. The molecule has 0 fully saturated rings. The van der Waals surface area contributed by atoms with Crippen molar-refractivity contribution in [3.8, 4) is 5.75 Å². The number of rotatable bonds is 8. The van der Waals surface area contributed by atoms with Crippen LogP contribution in [-0.2, 0) is 21.4 Å². The quantitative estimate of drug-likeness (QED) is 0.529. The van der Waals surface area contributed by atoms with E-state index < -0.39 is 10.1 Å². The molecule has 0 aromatic heterocycles. The Balaban J connectivity index is 1.80. The molecule has 0 aliphatic rings. The highest BCUT2D eigenvalue weighted by molar-refractivity contribution is 7.86. The number of amides is 1. The maximum atomic E-state index is 13.1. The van der Waals surface area contributed by atoms with E-state index in [1.165, 1.54) is 0 Å². The lowest BCUT2D eigenvalue weighted by molar-refractivity contribution is 0.0680. The van der Waals surface area contributed by atoms with Crippen LogP contribution in [0.2, 0.25) is 0 Å². The molecule has 0 atom stereocenters. The van der Waals surface area contributed by atoms with E-state index in [-0.39, 0.29) is 11.7 Å². The normalized spacial score (nSPS) is 11.4. The zero-order chi connectivity index (χ0) is 20.9. The summed E-state index contributed by atoms with van der Waals surface area (Å²) < 4.78 is 32.5. The second kappa shape index (κ2) is 9.07. The Morgan fingerprint density at radius 3 is 2.31 bits per heavy atom. The molecule has 3 aromatic carbocycles. The highest BCUT2D eigenvalue weighted by Crippen LogP contribution is 2.19. The van der Waals surface area contributed by atoms with E-state index >= 15 is 0 Å². The molecule has 0 bridgehead atoms. The van der Waals surface area contributed by atoms with E-state index in [1.807, 2.05) is 42.5 Å². The molecule has 0 unspecified atom stereocenters. The molecule has 3 aromatic rings. The van der Waals surface area contributed by atoms with Gasteiger partial charge in [-0.25, -0.2) is 0 Å². The first-order valence-electron chi connectivity index (χ1n) is 9.11. The number of fused-ring (bicyclic) bond motifs is 1. The minimum Gasteiger partial charge on any atom is -0.383 e. The summed E-state index contributed by atoms with van der Waals surface area (Å²) in [5, 5.41) is 2.08. The molecule has 0 saturated heterocycles. The first-order chi connectivity index (χ1) is 13.9. The molecule has 7 heteroatoms. The van der Waals surface area contributed by atoms with Crippen molar-refractivity contribution in [2.45, 2.75) is 6.54 Å². The van der Waals surface area contributed by atoms with Crippen LogP contribution in [0.5, 0.6) is 5.75 Å². The smallest absolute Gasteiger partial charge is 0.306 e. The van der Waals surface area contributed by atoms with Crippen LogP contribution in [0.3, 0.4) is 0 Å². The van der Waals surface area contributed by atoms with E-state index in [0.717, 1.165) is 22.6 Å². The third-order valence-electron chi connectivity index (χ3n) is 4.39. The van der Waals surface area contributed by atoms with E-state index in [9.17, 15) is 13.2 Å². The second-order valence-electron chi connectivity index (χ2n) is 6.71. The molecule has 29 heavy (non-hydrogen) atoms. The summed E-state index contributed by atoms with van der Waals surface area (Å²) in [7, 11) is -1.98. The fourth-order valence-corrected chi connectivity index (χ4v) is 3.47. The molecule has 152 valence electrons. The topological polar surface area (TPSA) is 72.9 Å². The van der Waals surface area contributed by atoms with E-state index in [4.69, 9.17) is 8.92 Å². The van der Waals surface area contributed by atoms with Crippen LogP contribution in [0.15, 0.2) is 66.7 Å². The molecule has 0 spiro atoms. The summed E-state index contributed by atoms with van der Waals surface area (Å²) in [5.74, 6) is 0.143. The summed E-state index contributed by atoms with van der Waals surface area (Å²) >= 11 is 0. The monoisotopic (exact) mass is 413 g/mol. The molecule has 0 aliphatic carbocycles. The van der Waals surface area contributed by atoms with Crippen molar-refractivity contribution in [3.05, 3.63) is 77.9 Å². The zero-order valence-corrected chi connectivity index (χ0v) is 17.2. The minimum atomic E-state index is -3.57. The lowest BCUT2D eigenvalue weighted by Crippen LogP contribution is -2.33. The van der Waals surface area contributed by atoms with Gasteiger partial charge >= 0.3 is 10.1 Å². The van der Waals surface area contributed by atoms with Gasteiger partial charge in [-0.3, -0.25) is 4.79 Å². The summed E-state index contributed by atoms with van der Waals surface area (Å²) in [6, 6.07) is 20.2. The van der Waals surface area contributed by atoms with Gasteiger partial charge in [0.15, 0.2) is 0 Å². The Bertz CT molecular complexity index is 1090. The van der Waals surface area contributed by atoms with Gasteiger partial charge in [0.2, 0.25) is 0 Å².